The van der Waals surface area contributed by atoms with Crippen LogP contribution in [0.3, 0.4) is 0 Å². The average Bonchev–Trinajstić information content (AvgIpc) is 2.66. The van der Waals surface area contributed by atoms with E-state index in [0.717, 1.165) is 16.3 Å². The van der Waals surface area contributed by atoms with Crippen molar-refractivity contribution in [1.82, 2.24) is 5.43 Å². The molecule has 1 atom stereocenters. The van der Waals surface area contributed by atoms with Crippen molar-refractivity contribution >= 4 is 34.5 Å². The molecule has 0 spiro atoms. The minimum Gasteiger partial charge on any atom is -0.507 e. The van der Waals surface area contributed by atoms with Gasteiger partial charge < -0.3 is 9.84 Å². The third-order valence-corrected chi connectivity index (χ3v) is 4.36. The van der Waals surface area contributed by atoms with Gasteiger partial charge in [-0.25, -0.2) is 5.43 Å². The average molecular weight is 383 g/mol. The summed E-state index contributed by atoms with van der Waals surface area (Å²) in [6.07, 6.45) is 0.659. The normalized spacial score (nSPS) is 12.3. The molecular weight excluding hydrogens is 364 g/mol. The molecule has 3 aromatic rings. The monoisotopic (exact) mass is 382 g/mol. The zero-order chi connectivity index (χ0) is 19.4. The van der Waals surface area contributed by atoms with Gasteiger partial charge in [-0.05, 0) is 49.1 Å². The Kier molecular flexibility index (Phi) is 5.62. The first kappa shape index (κ1) is 18.7. The summed E-state index contributed by atoms with van der Waals surface area (Å²) in [5, 5.41) is 16.5. The highest BCUT2D eigenvalue weighted by atomic mass is 35.5. The Hall–Kier alpha value is -3.05. The number of hydrogen-bond donors (Lipinski definition) is 2. The number of carbonyl (C=O) groups excluding carboxylic acids is 1. The fourth-order valence-corrected chi connectivity index (χ4v) is 2.85. The number of ether oxygens (including phenoxy) is 1. The fourth-order valence-electron chi connectivity index (χ4n) is 2.62. The van der Waals surface area contributed by atoms with Gasteiger partial charge in [-0.2, -0.15) is 5.10 Å². The number of rotatable bonds is 5. The minimum atomic E-state index is -0.743. The lowest BCUT2D eigenvalue weighted by atomic mass is 10.1. The molecule has 0 aromatic heterocycles. The Bertz CT molecular complexity index is 1020. The molecule has 27 heavy (non-hydrogen) atoms. The SMILES string of the molecule is Cc1cc(Cl)ccc1OC(C)C(=O)NN=Cc1ccc2ccccc2c1O. The molecular formula is C21H19ClN2O3. The highest BCUT2D eigenvalue weighted by Gasteiger charge is 2.15. The standard InChI is InChI=1S/C21H19ClN2O3/c1-13-11-17(22)9-10-19(13)27-14(2)21(26)24-23-12-16-8-7-15-5-3-4-6-18(15)20(16)25/h3-12,14,25H,1-2H3,(H,24,26). The summed E-state index contributed by atoms with van der Waals surface area (Å²) >= 11 is 5.92. The second-order valence-corrected chi connectivity index (χ2v) is 6.57. The summed E-state index contributed by atoms with van der Waals surface area (Å²) in [5.41, 5.74) is 3.78. The van der Waals surface area contributed by atoms with Crippen LogP contribution in [0.4, 0.5) is 0 Å². The second kappa shape index (κ2) is 8.10. The van der Waals surface area contributed by atoms with Gasteiger partial charge in [-0.1, -0.05) is 41.9 Å². The topological polar surface area (TPSA) is 70.9 Å². The minimum absolute atomic E-state index is 0.118. The van der Waals surface area contributed by atoms with Crippen LogP contribution in [0.1, 0.15) is 18.1 Å². The van der Waals surface area contributed by atoms with Crippen LogP contribution < -0.4 is 10.2 Å². The molecule has 1 unspecified atom stereocenters. The fraction of sp³-hybridized carbons (Fsp3) is 0.143. The van der Waals surface area contributed by atoms with E-state index in [0.29, 0.717) is 16.3 Å². The van der Waals surface area contributed by atoms with E-state index in [4.69, 9.17) is 16.3 Å². The number of phenolic OH excluding ortho intramolecular Hbond substituents is 1. The van der Waals surface area contributed by atoms with Gasteiger partial charge >= 0.3 is 0 Å². The molecule has 0 aliphatic rings. The number of phenols is 1. The van der Waals surface area contributed by atoms with Crippen LogP contribution in [0, 0.1) is 6.92 Å². The number of benzene rings is 3. The molecule has 0 aliphatic heterocycles. The Morgan fingerprint density at radius 2 is 2.00 bits per heavy atom. The van der Waals surface area contributed by atoms with Gasteiger partial charge in [0, 0.05) is 16.0 Å². The zero-order valence-corrected chi connectivity index (χ0v) is 15.7. The first-order valence-electron chi connectivity index (χ1n) is 8.42. The predicted molar refractivity (Wildman–Crippen MR) is 108 cm³/mol. The molecule has 0 saturated carbocycles. The van der Waals surface area contributed by atoms with E-state index in [1.807, 2.05) is 37.3 Å². The molecule has 0 bridgehead atoms. The van der Waals surface area contributed by atoms with Gasteiger partial charge in [0.2, 0.25) is 0 Å². The number of nitrogens with one attached hydrogen (secondary N) is 1. The summed E-state index contributed by atoms with van der Waals surface area (Å²) in [6.45, 7) is 3.49. The van der Waals surface area contributed by atoms with Gasteiger partial charge in [0.1, 0.15) is 11.5 Å². The molecule has 0 radical (unpaired) electrons. The molecule has 3 aromatic carbocycles. The maximum atomic E-state index is 12.2. The Morgan fingerprint density at radius 1 is 1.22 bits per heavy atom. The van der Waals surface area contributed by atoms with Crippen LogP contribution >= 0.6 is 11.6 Å². The van der Waals surface area contributed by atoms with Crippen molar-refractivity contribution in [2.24, 2.45) is 5.10 Å². The van der Waals surface area contributed by atoms with Crippen molar-refractivity contribution in [1.29, 1.82) is 0 Å². The summed E-state index contributed by atoms with van der Waals surface area (Å²) < 4.78 is 5.65. The van der Waals surface area contributed by atoms with E-state index >= 15 is 0 Å². The van der Waals surface area contributed by atoms with Crippen molar-refractivity contribution in [3.63, 3.8) is 0 Å². The second-order valence-electron chi connectivity index (χ2n) is 6.13. The maximum absolute atomic E-state index is 12.2. The van der Waals surface area contributed by atoms with Crippen molar-refractivity contribution in [3.8, 4) is 11.5 Å². The molecule has 2 N–H and O–H groups in total. The summed E-state index contributed by atoms with van der Waals surface area (Å²) in [5.74, 6) is 0.297. The molecule has 0 heterocycles. The van der Waals surface area contributed by atoms with Crippen LogP contribution in [0.15, 0.2) is 59.7 Å². The van der Waals surface area contributed by atoms with Gasteiger partial charge in [-0.3, -0.25) is 4.79 Å². The highest BCUT2D eigenvalue weighted by Crippen LogP contribution is 2.27. The lowest BCUT2D eigenvalue weighted by Crippen LogP contribution is -2.33. The van der Waals surface area contributed by atoms with E-state index in [9.17, 15) is 9.90 Å². The summed E-state index contributed by atoms with van der Waals surface area (Å²) in [7, 11) is 0. The van der Waals surface area contributed by atoms with Gasteiger partial charge in [0.25, 0.3) is 5.91 Å². The number of amides is 1. The quantitative estimate of drug-likeness (QED) is 0.506. The van der Waals surface area contributed by atoms with Crippen LogP contribution in [0.25, 0.3) is 10.8 Å². The van der Waals surface area contributed by atoms with Crippen molar-refractivity contribution in [3.05, 3.63) is 70.7 Å². The number of hydrogen-bond acceptors (Lipinski definition) is 4. The van der Waals surface area contributed by atoms with Crippen LogP contribution in [-0.4, -0.2) is 23.3 Å². The smallest absolute Gasteiger partial charge is 0.280 e. The van der Waals surface area contributed by atoms with E-state index in [2.05, 4.69) is 10.5 Å². The molecule has 0 aliphatic carbocycles. The number of aromatic hydroxyl groups is 1. The lowest BCUT2D eigenvalue weighted by molar-refractivity contribution is -0.127. The maximum Gasteiger partial charge on any atom is 0.280 e. The van der Waals surface area contributed by atoms with Gasteiger partial charge in [-0.15, -0.1) is 0 Å². The van der Waals surface area contributed by atoms with E-state index in [1.165, 1.54) is 6.21 Å². The van der Waals surface area contributed by atoms with Crippen molar-refractivity contribution in [2.75, 3.05) is 0 Å². The largest absolute Gasteiger partial charge is 0.507 e. The van der Waals surface area contributed by atoms with Gasteiger partial charge in [0.15, 0.2) is 6.10 Å². The van der Waals surface area contributed by atoms with E-state index in [1.54, 1.807) is 31.2 Å². The number of hydrazone groups is 1. The third kappa shape index (κ3) is 4.38. The first-order chi connectivity index (χ1) is 13.0. The Labute approximate surface area is 162 Å². The number of carbonyl (C=O) groups is 1. The predicted octanol–water partition coefficient (Wildman–Crippen LogP) is 4.42. The molecule has 5 nitrogen and oxygen atoms in total. The molecule has 3 rings (SSSR count). The van der Waals surface area contributed by atoms with Crippen molar-refractivity contribution in [2.45, 2.75) is 20.0 Å². The lowest BCUT2D eigenvalue weighted by Gasteiger charge is -2.15. The first-order valence-corrected chi connectivity index (χ1v) is 8.80. The Morgan fingerprint density at radius 3 is 2.78 bits per heavy atom. The zero-order valence-electron chi connectivity index (χ0n) is 14.9. The van der Waals surface area contributed by atoms with Crippen molar-refractivity contribution < 1.29 is 14.6 Å². The van der Waals surface area contributed by atoms with Gasteiger partial charge in [0.05, 0.1) is 6.21 Å². The summed E-state index contributed by atoms with van der Waals surface area (Å²) in [6, 6.07) is 16.3. The number of halogens is 1. The molecule has 1 amide bonds. The Balaban J connectivity index is 1.65. The molecule has 0 fully saturated rings. The molecule has 6 heteroatoms. The van der Waals surface area contributed by atoms with Crippen LogP contribution in [0.5, 0.6) is 11.5 Å². The van der Waals surface area contributed by atoms with E-state index < -0.39 is 12.0 Å². The molecule has 0 saturated heterocycles. The number of fused-ring (bicyclic) bond motifs is 1. The van der Waals surface area contributed by atoms with E-state index in [-0.39, 0.29) is 5.75 Å². The summed E-state index contributed by atoms with van der Waals surface area (Å²) in [4.78, 5) is 12.2. The van der Waals surface area contributed by atoms with Crippen LogP contribution in [-0.2, 0) is 4.79 Å². The molecule has 138 valence electrons. The number of nitrogens with zero attached hydrogens (tertiary/aromatic N) is 1. The highest BCUT2D eigenvalue weighted by molar-refractivity contribution is 6.30. The third-order valence-electron chi connectivity index (χ3n) is 4.12. The van der Waals surface area contributed by atoms with Crippen LogP contribution in [0.2, 0.25) is 5.02 Å². The number of aryl methyl sites for hydroxylation is 1.